The summed E-state index contributed by atoms with van der Waals surface area (Å²) in [5.74, 6) is -0.984. The number of halogens is 4. The van der Waals surface area contributed by atoms with Crippen molar-refractivity contribution in [3.05, 3.63) is 57.6 Å². The Kier molecular flexibility index (Phi) is 6.32. The lowest BCUT2D eigenvalue weighted by Gasteiger charge is -2.10. The maximum absolute atomic E-state index is 12.1. The molecule has 2 aromatic rings. The number of alkyl halides is 3. The highest BCUT2D eigenvalue weighted by Crippen LogP contribution is 2.37. The first-order chi connectivity index (χ1) is 12.5. The summed E-state index contributed by atoms with van der Waals surface area (Å²) in [6, 6.07) is 9.67. The lowest BCUT2D eigenvalue weighted by atomic mass is 10.0. The quantitative estimate of drug-likeness (QED) is 0.356. The van der Waals surface area contributed by atoms with Crippen LogP contribution in [0.3, 0.4) is 0 Å². The average Bonchev–Trinajstić information content (AvgIpc) is 2.52. The molecule has 0 radical (unpaired) electrons. The van der Waals surface area contributed by atoms with Crippen molar-refractivity contribution < 1.29 is 30.7 Å². The van der Waals surface area contributed by atoms with Crippen molar-refractivity contribution >= 4 is 27.4 Å². The van der Waals surface area contributed by atoms with Crippen molar-refractivity contribution in [2.45, 2.75) is 19.0 Å². The number of hydrogen-bond acceptors (Lipinski definition) is 5. The van der Waals surface area contributed by atoms with Crippen molar-refractivity contribution in [2.24, 2.45) is 0 Å². The molecule has 0 aromatic heterocycles. The summed E-state index contributed by atoms with van der Waals surface area (Å²) in [6.45, 7) is 0. The zero-order chi connectivity index (χ0) is 20.2. The second kappa shape index (κ2) is 8.13. The smallest absolute Gasteiger partial charge is 0.382 e. The van der Waals surface area contributed by atoms with Crippen LogP contribution in [-0.4, -0.2) is 25.3 Å². The molecule has 0 saturated heterocycles. The van der Waals surface area contributed by atoms with Gasteiger partial charge in [0.15, 0.2) is 0 Å². The highest BCUT2D eigenvalue weighted by atomic mass is 35.5. The van der Waals surface area contributed by atoms with Crippen LogP contribution in [0.4, 0.5) is 18.9 Å². The molecule has 2 aromatic carbocycles. The summed E-state index contributed by atoms with van der Waals surface area (Å²) in [5.41, 5.74) is 0.0592. The van der Waals surface area contributed by atoms with E-state index in [1.54, 1.807) is 0 Å². The zero-order valence-corrected chi connectivity index (χ0v) is 15.1. The molecule has 0 atom stereocenters. The van der Waals surface area contributed by atoms with Crippen LogP contribution < -0.4 is 4.18 Å². The highest BCUT2D eigenvalue weighted by molar-refractivity contribution is 7.87. The molecular formula is C16H13ClF3NO5S. The number of rotatable bonds is 7. The Labute approximate surface area is 157 Å². The Hall–Kier alpha value is -2.33. The fraction of sp³-hybridized carbons (Fsp3) is 0.250. The van der Waals surface area contributed by atoms with Crippen LogP contribution in [0.1, 0.15) is 12.8 Å². The largest absolute Gasteiger partial charge is 0.389 e. The number of para-hydroxylation sites is 1. The van der Waals surface area contributed by atoms with Gasteiger partial charge in [0.2, 0.25) is 0 Å². The third-order valence-corrected chi connectivity index (χ3v) is 4.93. The van der Waals surface area contributed by atoms with Crippen LogP contribution in [0.25, 0.3) is 11.1 Å². The van der Waals surface area contributed by atoms with Crippen LogP contribution >= 0.6 is 11.6 Å². The van der Waals surface area contributed by atoms with E-state index in [4.69, 9.17) is 15.8 Å². The van der Waals surface area contributed by atoms with Crippen LogP contribution in [0, 0.1) is 10.1 Å². The predicted molar refractivity (Wildman–Crippen MR) is 93.2 cm³/mol. The van der Waals surface area contributed by atoms with Crippen LogP contribution in [0.2, 0.25) is 5.02 Å². The van der Waals surface area contributed by atoms with Gasteiger partial charge in [-0.05, 0) is 36.2 Å². The molecule has 0 amide bonds. The van der Waals surface area contributed by atoms with E-state index in [0.29, 0.717) is 0 Å². The predicted octanol–water partition coefficient (Wildman–Crippen LogP) is 4.97. The van der Waals surface area contributed by atoms with Gasteiger partial charge in [0, 0.05) is 6.42 Å². The Balaban J connectivity index is 2.24. The van der Waals surface area contributed by atoms with E-state index in [1.165, 1.54) is 42.5 Å². The van der Waals surface area contributed by atoms with E-state index >= 15 is 0 Å². The van der Waals surface area contributed by atoms with E-state index in [1.807, 2.05) is 0 Å². The minimum atomic E-state index is -4.46. The second-order valence-corrected chi connectivity index (χ2v) is 7.58. The summed E-state index contributed by atoms with van der Waals surface area (Å²) in [4.78, 5) is 10.6. The molecule has 0 bridgehead atoms. The van der Waals surface area contributed by atoms with Gasteiger partial charge in [0.25, 0.3) is 5.69 Å². The lowest BCUT2D eigenvalue weighted by Crippen LogP contribution is -2.16. The van der Waals surface area contributed by atoms with Crippen molar-refractivity contribution in [3.8, 4) is 16.9 Å². The molecule has 11 heteroatoms. The Morgan fingerprint density at radius 1 is 1.15 bits per heavy atom. The molecule has 27 heavy (non-hydrogen) atoms. The molecule has 6 nitrogen and oxygen atoms in total. The molecular weight excluding hydrogens is 411 g/mol. The normalized spacial score (nSPS) is 12.0. The van der Waals surface area contributed by atoms with Crippen LogP contribution in [0.5, 0.6) is 5.75 Å². The Morgan fingerprint density at radius 2 is 1.81 bits per heavy atom. The third-order valence-electron chi connectivity index (χ3n) is 3.39. The van der Waals surface area contributed by atoms with Crippen molar-refractivity contribution in [1.29, 1.82) is 0 Å². The average molecular weight is 424 g/mol. The molecule has 0 fully saturated rings. The highest BCUT2D eigenvalue weighted by Gasteiger charge is 2.28. The fourth-order valence-electron chi connectivity index (χ4n) is 2.29. The van der Waals surface area contributed by atoms with Crippen molar-refractivity contribution in [3.63, 3.8) is 0 Å². The van der Waals surface area contributed by atoms with Gasteiger partial charge in [-0.25, -0.2) is 0 Å². The maximum atomic E-state index is 12.1. The first-order valence-electron chi connectivity index (χ1n) is 7.51. The summed E-state index contributed by atoms with van der Waals surface area (Å²) < 4.78 is 64.9. The molecule has 0 aliphatic rings. The van der Waals surface area contributed by atoms with Gasteiger partial charge in [-0.15, -0.1) is 0 Å². The zero-order valence-electron chi connectivity index (χ0n) is 13.6. The Bertz CT molecular complexity index is 947. The van der Waals surface area contributed by atoms with Gasteiger partial charge in [-0.2, -0.15) is 21.6 Å². The molecule has 0 unspecified atom stereocenters. The fourth-order valence-corrected chi connectivity index (χ4v) is 3.51. The number of benzene rings is 2. The monoisotopic (exact) mass is 423 g/mol. The van der Waals surface area contributed by atoms with Gasteiger partial charge < -0.3 is 4.18 Å². The Morgan fingerprint density at radius 3 is 2.44 bits per heavy atom. The van der Waals surface area contributed by atoms with Gasteiger partial charge in [0.05, 0.1) is 16.2 Å². The van der Waals surface area contributed by atoms with Crippen LogP contribution in [-0.2, 0) is 10.1 Å². The van der Waals surface area contributed by atoms with Crippen molar-refractivity contribution in [2.75, 3.05) is 5.75 Å². The first-order valence-corrected chi connectivity index (χ1v) is 9.46. The summed E-state index contributed by atoms with van der Waals surface area (Å²) in [7, 11) is -4.25. The third kappa shape index (κ3) is 6.10. The van der Waals surface area contributed by atoms with Crippen LogP contribution in [0.15, 0.2) is 42.5 Å². The number of nitro groups is 1. The standard InChI is InChI=1S/C16H13ClF3NO5S/c17-14-7-2-6-13(15(14)21(22)23)11-4-1-5-12(10-11)26-27(24,25)9-3-8-16(18,19)20/h1-2,4-7,10H,3,8-9H2. The van der Waals surface area contributed by atoms with E-state index in [-0.39, 0.29) is 27.6 Å². The van der Waals surface area contributed by atoms with Crippen molar-refractivity contribution in [1.82, 2.24) is 0 Å². The molecule has 0 spiro atoms. The number of hydrogen-bond donors (Lipinski definition) is 0. The first kappa shape index (κ1) is 21.0. The van der Waals surface area contributed by atoms with E-state index < -0.39 is 39.8 Å². The topological polar surface area (TPSA) is 86.5 Å². The van der Waals surface area contributed by atoms with Gasteiger partial charge in [0.1, 0.15) is 10.8 Å². The summed E-state index contributed by atoms with van der Waals surface area (Å²) >= 11 is 5.85. The summed E-state index contributed by atoms with van der Waals surface area (Å²) in [5, 5.41) is 11.1. The minimum Gasteiger partial charge on any atom is -0.382 e. The molecule has 0 heterocycles. The number of nitrogens with zero attached hydrogens (tertiary/aromatic N) is 1. The molecule has 2 rings (SSSR count). The van der Waals surface area contributed by atoms with E-state index in [0.717, 1.165) is 0 Å². The molecule has 0 aliphatic carbocycles. The summed E-state index contributed by atoms with van der Waals surface area (Å²) in [6.07, 6.45) is -6.34. The van der Waals surface area contributed by atoms with Gasteiger partial charge in [-0.3, -0.25) is 10.1 Å². The lowest BCUT2D eigenvalue weighted by molar-refractivity contribution is -0.384. The molecule has 0 saturated carbocycles. The molecule has 146 valence electrons. The van der Waals surface area contributed by atoms with Gasteiger partial charge in [-0.1, -0.05) is 29.8 Å². The van der Waals surface area contributed by atoms with Gasteiger partial charge >= 0.3 is 16.3 Å². The second-order valence-electron chi connectivity index (χ2n) is 5.48. The SMILES string of the molecule is O=[N+]([O-])c1c(Cl)cccc1-c1cccc(OS(=O)(=O)CCCC(F)(F)F)c1. The molecule has 0 N–H and O–H groups in total. The van der Waals surface area contributed by atoms with E-state index in [9.17, 15) is 31.7 Å². The van der Waals surface area contributed by atoms with E-state index in [2.05, 4.69) is 0 Å². The minimum absolute atomic E-state index is 0.0939. The maximum Gasteiger partial charge on any atom is 0.389 e. The molecule has 0 aliphatic heterocycles. The number of nitro benzene ring substituents is 1.